The summed E-state index contributed by atoms with van der Waals surface area (Å²) in [5.41, 5.74) is -2.75. The topological polar surface area (TPSA) is 116 Å². The molecule has 1 amide bonds. The van der Waals surface area contributed by atoms with Crippen molar-refractivity contribution in [2.45, 2.75) is 71.7 Å². The average Bonchev–Trinajstić information content (AvgIpc) is 3.24. The Hall–Kier alpha value is -1.70. The van der Waals surface area contributed by atoms with Crippen LogP contribution in [0.3, 0.4) is 0 Å². The number of amides is 1. The highest BCUT2D eigenvalue weighted by molar-refractivity contribution is 5.95. The number of hydrogen-bond donors (Lipinski definition) is 4. The fourth-order valence-corrected chi connectivity index (χ4v) is 6.98. The minimum absolute atomic E-state index is 0.0282. The summed E-state index contributed by atoms with van der Waals surface area (Å²) in [6.07, 6.45) is 2.39. The van der Waals surface area contributed by atoms with Crippen molar-refractivity contribution in [2.24, 2.45) is 34.5 Å². The number of nitrogens with one attached hydrogen (secondary N) is 1. The largest absolute Gasteiger partial charge is 0.445 e. The Labute approximate surface area is 189 Å². The molecule has 0 saturated heterocycles. The van der Waals surface area contributed by atoms with Crippen LogP contribution < -0.4 is 5.32 Å². The monoisotopic (exact) mass is 447 g/mol. The van der Waals surface area contributed by atoms with Gasteiger partial charge in [0.1, 0.15) is 24.4 Å². The van der Waals surface area contributed by atoms with Gasteiger partial charge in [-0.15, -0.1) is 0 Å². The van der Waals surface area contributed by atoms with Crippen LogP contribution in [0.2, 0.25) is 0 Å². The quantitative estimate of drug-likeness (QED) is 0.380. The summed E-state index contributed by atoms with van der Waals surface area (Å²) in [7, 11) is 0. The van der Waals surface area contributed by atoms with Crippen LogP contribution in [0.15, 0.2) is 23.3 Å². The highest BCUT2D eigenvalue weighted by atomic mass is 16.5. The van der Waals surface area contributed by atoms with Crippen molar-refractivity contribution < 1.29 is 29.6 Å². The van der Waals surface area contributed by atoms with Crippen molar-refractivity contribution in [3.05, 3.63) is 23.3 Å². The molecule has 0 aliphatic heterocycles. The van der Waals surface area contributed by atoms with Crippen molar-refractivity contribution in [2.75, 3.05) is 13.2 Å². The van der Waals surface area contributed by atoms with Crippen molar-refractivity contribution in [3.63, 3.8) is 0 Å². The molecule has 178 valence electrons. The highest BCUT2D eigenvalue weighted by Gasteiger charge is 2.75. The van der Waals surface area contributed by atoms with Gasteiger partial charge in [0.2, 0.25) is 0 Å². The second kappa shape index (κ2) is 7.67. The van der Waals surface area contributed by atoms with Crippen molar-refractivity contribution in [1.29, 1.82) is 0 Å². The van der Waals surface area contributed by atoms with Gasteiger partial charge in [0.05, 0.1) is 5.41 Å². The summed E-state index contributed by atoms with van der Waals surface area (Å²) in [6.45, 7) is 10.2. The maximum Gasteiger partial charge on any atom is 0.407 e. The molecule has 4 rings (SSSR count). The Morgan fingerprint density at radius 1 is 1.28 bits per heavy atom. The van der Waals surface area contributed by atoms with Gasteiger partial charge in [-0.05, 0) is 54.1 Å². The van der Waals surface area contributed by atoms with Crippen LogP contribution in [0.4, 0.5) is 4.79 Å². The number of hydrogen-bond acceptors (Lipinski definition) is 6. The number of aliphatic hydroxyl groups is 3. The summed E-state index contributed by atoms with van der Waals surface area (Å²) in [5.74, 6) is -0.520. The molecule has 1 spiro atoms. The van der Waals surface area contributed by atoms with Gasteiger partial charge in [0.15, 0.2) is 5.78 Å². The summed E-state index contributed by atoms with van der Waals surface area (Å²) in [5, 5.41) is 37.0. The smallest absolute Gasteiger partial charge is 0.407 e. The molecule has 4 N–H and O–H groups in total. The molecule has 0 unspecified atom stereocenters. The third-order valence-corrected chi connectivity index (χ3v) is 8.92. The van der Waals surface area contributed by atoms with E-state index in [0.29, 0.717) is 18.0 Å². The minimum Gasteiger partial charge on any atom is -0.445 e. The molecule has 7 heteroatoms. The number of rotatable bonds is 5. The van der Waals surface area contributed by atoms with Crippen LogP contribution in [-0.4, -0.2) is 58.2 Å². The molecule has 2 bridgehead atoms. The van der Waals surface area contributed by atoms with Gasteiger partial charge in [0, 0.05) is 12.5 Å². The number of alkyl carbamates (subject to hydrolysis) is 1. The third-order valence-electron chi connectivity index (χ3n) is 8.92. The standard InChI is InChI=1S/C25H37NO6/c1-6-7-8-26-22(30)32-12-15-10-16-18-17(23(18,4)5)9-14(3)24(21(16)29)11-13(2)19(27)25(24,31)20(15)28/h10-11,14,16-20,27-28,31H,6-9,12H2,1-5H3,(H,26,30)/t14-,16+,17-,18+,19+,20-,24+,25-/m1/s1. The van der Waals surface area contributed by atoms with Gasteiger partial charge in [-0.25, -0.2) is 4.79 Å². The predicted octanol–water partition coefficient (Wildman–Crippen LogP) is 2.35. The Morgan fingerprint density at radius 3 is 2.62 bits per heavy atom. The van der Waals surface area contributed by atoms with E-state index in [2.05, 4.69) is 19.2 Å². The van der Waals surface area contributed by atoms with E-state index in [-0.39, 0.29) is 35.2 Å². The first-order valence-electron chi connectivity index (χ1n) is 11.9. The van der Waals surface area contributed by atoms with Crippen molar-refractivity contribution in [3.8, 4) is 0 Å². The first-order chi connectivity index (χ1) is 14.9. The van der Waals surface area contributed by atoms with Gasteiger partial charge in [-0.3, -0.25) is 4.79 Å². The fourth-order valence-electron chi connectivity index (χ4n) is 6.98. The number of carbonyl (C=O) groups excluding carboxylic acids is 2. The molecule has 0 aromatic heterocycles. The molecule has 8 atom stereocenters. The lowest BCUT2D eigenvalue weighted by Gasteiger charge is -2.48. The number of aliphatic hydroxyl groups excluding tert-OH is 2. The van der Waals surface area contributed by atoms with E-state index in [9.17, 15) is 24.9 Å². The fraction of sp³-hybridized carbons (Fsp3) is 0.760. The van der Waals surface area contributed by atoms with Crippen LogP contribution in [-0.2, 0) is 9.53 Å². The van der Waals surface area contributed by atoms with E-state index in [1.165, 1.54) is 0 Å². The molecule has 2 saturated carbocycles. The molecule has 0 heterocycles. The van der Waals surface area contributed by atoms with Crippen LogP contribution in [0.1, 0.15) is 53.9 Å². The van der Waals surface area contributed by atoms with Crippen LogP contribution in [0.25, 0.3) is 0 Å². The van der Waals surface area contributed by atoms with E-state index >= 15 is 0 Å². The number of Topliss-reactive ketones (excluding diaryl/α,β-unsaturated/α-hetero) is 1. The molecule has 32 heavy (non-hydrogen) atoms. The maximum atomic E-state index is 14.1. The maximum absolute atomic E-state index is 14.1. The van der Waals surface area contributed by atoms with Gasteiger partial charge in [-0.1, -0.05) is 46.3 Å². The lowest BCUT2D eigenvalue weighted by atomic mass is 9.59. The van der Waals surface area contributed by atoms with E-state index in [0.717, 1.165) is 19.3 Å². The zero-order chi connectivity index (χ0) is 23.6. The summed E-state index contributed by atoms with van der Waals surface area (Å²) >= 11 is 0. The molecule has 0 aromatic carbocycles. The predicted molar refractivity (Wildman–Crippen MR) is 119 cm³/mol. The lowest BCUT2D eigenvalue weighted by Crippen LogP contribution is -2.65. The Balaban J connectivity index is 1.73. The van der Waals surface area contributed by atoms with Crippen LogP contribution in [0.5, 0.6) is 0 Å². The lowest BCUT2D eigenvalue weighted by molar-refractivity contribution is -0.190. The minimum atomic E-state index is -2.10. The molecule has 2 fully saturated rings. The third kappa shape index (κ3) is 2.97. The number of carbonyl (C=O) groups is 2. The first kappa shape index (κ1) is 23.5. The van der Waals surface area contributed by atoms with Crippen molar-refractivity contribution >= 4 is 11.9 Å². The number of ether oxygens (including phenoxy) is 1. The van der Waals surface area contributed by atoms with Gasteiger partial charge in [-0.2, -0.15) is 0 Å². The Morgan fingerprint density at radius 2 is 1.97 bits per heavy atom. The second-order valence-corrected chi connectivity index (χ2v) is 11.0. The molecule has 0 aromatic rings. The summed E-state index contributed by atoms with van der Waals surface area (Å²) < 4.78 is 5.35. The first-order valence-corrected chi connectivity index (χ1v) is 11.9. The van der Waals surface area contributed by atoms with Gasteiger partial charge in [0.25, 0.3) is 0 Å². The van der Waals surface area contributed by atoms with Crippen LogP contribution in [0, 0.1) is 34.5 Å². The number of allylic oxidation sites excluding steroid dienone is 1. The highest BCUT2D eigenvalue weighted by Crippen LogP contribution is 2.71. The number of ketones is 1. The van der Waals surface area contributed by atoms with Crippen LogP contribution >= 0.6 is 0 Å². The van der Waals surface area contributed by atoms with E-state index < -0.39 is 35.2 Å². The number of fused-ring (bicyclic) bond motifs is 3. The summed E-state index contributed by atoms with van der Waals surface area (Å²) in [6, 6.07) is 0. The average molecular weight is 448 g/mol. The van der Waals surface area contributed by atoms with E-state index in [1.54, 1.807) is 19.1 Å². The SMILES string of the molecule is CCCCNC(=O)OCC1=C[C@@H]2C(=O)[C@]3(C=C(C)[C@H](O)[C@@]3(O)[C@@H]1O)[C@H](C)C[C@@H]1[C@H]2C1(C)C. The van der Waals surface area contributed by atoms with Crippen molar-refractivity contribution in [1.82, 2.24) is 5.32 Å². The normalized spacial score (nSPS) is 43.8. The van der Waals surface area contributed by atoms with E-state index in [4.69, 9.17) is 4.74 Å². The summed E-state index contributed by atoms with van der Waals surface area (Å²) in [4.78, 5) is 26.2. The zero-order valence-corrected chi connectivity index (χ0v) is 19.7. The van der Waals surface area contributed by atoms with Gasteiger partial charge < -0.3 is 25.4 Å². The number of unbranched alkanes of at least 4 members (excludes halogenated alkanes) is 1. The van der Waals surface area contributed by atoms with E-state index in [1.807, 2.05) is 13.8 Å². The molecule has 4 aliphatic carbocycles. The molecular formula is C25H37NO6. The molecule has 0 radical (unpaired) electrons. The zero-order valence-electron chi connectivity index (χ0n) is 19.7. The Kier molecular flexibility index (Phi) is 5.63. The second-order valence-electron chi connectivity index (χ2n) is 11.0. The Bertz CT molecular complexity index is 878. The van der Waals surface area contributed by atoms with Gasteiger partial charge >= 0.3 is 6.09 Å². The molecular weight excluding hydrogens is 410 g/mol. The molecule has 4 aliphatic rings. The molecule has 7 nitrogen and oxygen atoms in total.